The number of hydrogen-bond acceptors (Lipinski definition) is 4. The van der Waals surface area contributed by atoms with Crippen LogP contribution in [0.4, 0.5) is 5.69 Å². The molecular weight excluding hydrogens is 534 g/mol. The number of nitrogens with zero attached hydrogens (tertiary/aromatic N) is 2. The molecule has 1 atom stereocenters. The number of carbonyl (C=O) groups is 2. The minimum atomic E-state index is -4.09. The highest BCUT2D eigenvalue weighted by Gasteiger charge is 2.33. The van der Waals surface area contributed by atoms with Crippen molar-refractivity contribution in [3.05, 3.63) is 95.6 Å². The second-order valence-electron chi connectivity index (χ2n) is 11.8. The van der Waals surface area contributed by atoms with Crippen LogP contribution in [0.5, 0.6) is 0 Å². The van der Waals surface area contributed by atoms with Gasteiger partial charge >= 0.3 is 0 Å². The summed E-state index contributed by atoms with van der Waals surface area (Å²) < 4.78 is 29.1. The average molecular weight is 578 g/mol. The van der Waals surface area contributed by atoms with Crippen molar-refractivity contribution in [2.45, 2.75) is 77.3 Å². The quantitative estimate of drug-likeness (QED) is 0.317. The Morgan fingerprint density at radius 3 is 1.98 bits per heavy atom. The fourth-order valence-corrected chi connectivity index (χ4v) is 5.85. The van der Waals surface area contributed by atoms with Gasteiger partial charge in [-0.3, -0.25) is 13.9 Å². The SMILES string of the molecule is Cc1ccc(S(=O)(=O)N(CC(=O)N(CCc2ccccc2)[C@H](C)C(=O)NC(C)(C)C)c2ccc(C(C)C)cc2)cc1. The topological polar surface area (TPSA) is 86.8 Å². The molecule has 3 rings (SSSR count). The third-order valence-corrected chi connectivity index (χ3v) is 8.67. The molecule has 0 fully saturated rings. The molecule has 3 aromatic rings. The Labute approximate surface area is 245 Å². The number of sulfonamides is 1. The smallest absolute Gasteiger partial charge is 0.264 e. The van der Waals surface area contributed by atoms with Crippen molar-refractivity contribution in [3.8, 4) is 0 Å². The molecule has 0 aliphatic rings. The molecule has 7 nitrogen and oxygen atoms in total. The summed E-state index contributed by atoms with van der Waals surface area (Å²) in [6.45, 7) is 13.1. The van der Waals surface area contributed by atoms with Gasteiger partial charge < -0.3 is 10.2 Å². The van der Waals surface area contributed by atoms with Gasteiger partial charge in [0.1, 0.15) is 12.6 Å². The molecule has 0 bridgehead atoms. The van der Waals surface area contributed by atoms with Gasteiger partial charge in [-0.25, -0.2) is 8.42 Å². The van der Waals surface area contributed by atoms with Crippen LogP contribution in [0.3, 0.4) is 0 Å². The zero-order chi connectivity index (χ0) is 30.4. The summed E-state index contributed by atoms with van der Waals surface area (Å²) in [5, 5.41) is 2.95. The van der Waals surface area contributed by atoms with E-state index < -0.39 is 34.1 Å². The molecule has 3 aromatic carbocycles. The molecule has 0 aliphatic carbocycles. The first kappa shape index (κ1) is 31.9. The van der Waals surface area contributed by atoms with Crippen molar-refractivity contribution < 1.29 is 18.0 Å². The standard InChI is InChI=1S/C33H43N3O4S/c1-24(2)28-15-17-29(18-16-28)36(41(39,40)30-19-13-25(3)14-20-30)23-31(37)35(22-21-27-11-9-8-10-12-27)26(4)32(38)34-33(5,6)7/h8-20,24,26H,21-23H2,1-7H3,(H,34,38)/t26-/m1/s1. The molecule has 0 aromatic heterocycles. The van der Waals surface area contributed by atoms with Crippen LogP contribution in [0.2, 0.25) is 0 Å². The minimum absolute atomic E-state index is 0.0956. The molecule has 1 N–H and O–H groups in total. The highest BCUT2D eigenvalue weighted by Crippen LogP contribution is 2.27. The molecule has 0 spiro atoms. The Kier molecular flexibility index (Phi) is 10.4. The third-order valence-electron chi connectivity index (χ3n) is 6.89. The highest BCUT2D eigenvalue weighted by atomic mass is 32.2. The van der Waals surface area contributed by atoms with E-state index >= 15 is 0 Å². The van der Waals surface area contributed by atoms with Gasteiger partial charge in [-0.1, -0.05) is 74.0 Å². The maximum atomic E-state index is 14.0. The number of aryl methyl sites for hydroxylation is 1. The van der Waals surface area contributed by atoms with Crippen LogP contribution in [0.25, 0.3) is 0 Å². The second kappa shape index (κ2) is 13.3. The van der Waals surface area contributed by atoms with Crippen LogP contribution in [-0.2, 0) is 26.0 Å². The van der Waals surface area contributed by atoms with Crippen molar-refractivity contribution in [1.29, 1.82) is 0 Å². The lowest BCUT2D eigenvalue weighted by Crippen LogP contribution is -2.55. The molecule has 8 heteroatoms. The second-order valence-corrected chi connectivity index (χ2v) is 13.7. The van der Waals surface area contributed by atoms with Gasteiger partial charge in [0.25, 0.3) is 10.0 Å². The predicted molar refractivity (Wildman–Crippen MR) is 165 cm³/mol. The fraction of sp³-hybridized carbons (Fsp3) is 0.394. The van der Waals surface area contributed by atoms with E-state index in [9.17, 15) is 18.0 Å². The van der Waals surface area contributed by atoms with Gasteiger partial charge in [0, 0.05) is 12.1 Å². The van der Waals surface area contributed by atoms with Crippen molar-refractivity contribution in [3.63, 3.8) is 0 Å². The Bertz CT molecular complexity index is 1410. The Morgan fingerprint density at radius 1 is 0.854 bits per heavy atom. The van der Waals surface area contributed by atoms with Gasteiger partial charge in [0.05, 0.1) is 10.6 Å². The van der Waals surface area contributed by atoms with Gasteiger partial charge in [-0.15, -0.1) is 0 Å². The largest absolute Gasteiger partial charge is 0.350 e. The zero-order valence-corrected chi connectivity index (χ0v) is 26.0. The fourth-order valence-electron chi connectivity index (χ4n) is 4.44. The van der Waals surface area contributed by atoms with Crippen LogP contribution < -0.4 is 9.62 Å². The normalized spacial score (nSPS) is 12.6. The van der Waals surface area contributed by atoms with E-state index in [1.807, 2.05) is 70.2 Å². The van der Waals surface area contributed by atoms with E-state index in [0.717, 1.165) is 21.0 Å². The minimum Gasteiger partial charge on any atom is -0.350 e. The zero-order valence-electron chi connectivity index (χ0n) is 25.2. The monoisotopic (exact) mass is 577 g/mol. The third kappa shape index (κ3) is 8.67. The number of amides is 2. The Morgan fingerprint density at radius 2 is 1.44 bits per heavy atom. The Balaban J connectivity index is 2.00. The number of benzene rings is 3. The van der Waals surface area contributed by atoms with Gasteiger partial charge in [-0.2, -0.15) is 0 Å². The molecular formula is C33H43N3O4S. The van der Waals surface area contributed by atoms with E-state index in [1.165, 1.54) is 4.90 Å². The lowest BCUT2D eigenvalue weighted by molar-refractivity contribution is -0.139. The molecule has 0 radical (unpaired) electrons. The summed E-state index contributed by atoms with van der Waals surface area (Å²) in [6, 6.07) is 22.7. The van der Waals surface area contributed by atoms with E-state index in [1.54, 1.807) is 43.3 Å². The van der Waals surface area contributed by atoms with Crippen LogP contribution >= 0.6 is 0 Å². The van der Waals surface area contributed by atoms with Crippen LogP contribution in [0.1, 0.15) is 64.2 Å². The molecule has 2 amide bonds. The van der Waals surface area contributed by atoms with Gasteiger partial charge in [-0.05, 0) is 82.3 Å². The number of hydrogen-bond donors (Lipinski definition) is 1. The molecule has 220 valence electrons. The molecule has 0 heterocycles. The maximum absolute atomic E-state index is 14.0. The highest BCUT2D eigenvalue weighted by molar-refractivity contribution is 7.92. The first-order chi connectivity index (χ1) is 19.2. The molecule has 0 saturated heterocycles. The number of anilines is 1. The van der Waals surface area contributed by atoms with Gasteiger partial charge in [0.2, 0.25) is 11.8 Å². The number of rotatable bonds is 11. The first-order valence-electron chi connectivity index (χ1n) is 14.0. The van der Waals surface area contributed by atoms with Crippen molar-refractivity contribution in [1.82, 2.24) is 10.2 Å². The summed E-state index contributed by atoms with van der Waals surface area (Å²) in [5.74, 6) is -0.488. The summed E-state index contributed by atoms with van der Waals surface area (Å²) in [5.41, 5.74) is 2.90. The maximum Gasteiger partial charge on any atom is 0.264 e. The average Bonchev–Trinajstić information content (AvgIpc) is 2.91. The van der Waals surface area contributed by atoms with Crippen molar-refractivity contribution in [2.75, 3.05) is 17.4 Å². The summed E-state index contributed by atoms with van der Waals surface area (Å²) in [4.78, 5) is 28.8. The Hall–Kier alpha value is -3.65. The molecule has 0 saturated carbocycles. The molecule has 0 unspecified atom stereocenters. The first-order valence-corrected chi connectivity index (χ1v) is 15.5. The van der Waals surface area contributed by atoms with Crippen LogP contribution in [0, 0.1) is 6.92 Å². The van der Waals surface area contributed by atoms with Crippen molar-refractivity contribution >= 4 is 27.5 Å². The van der Waals surface area contributed by atoms with E-state index in [2.05, 4.69) is 19.2 Å². The number of nitrogens with one attached hydrogen (secondary N) is 1. The lowest BCUT2D eigenvalue weighted by Gasteiger charge is -2.33. The van der Waals surface area contributed by atoms with Crippen molar-refractivity contribution in [2.24, 2.45) is 0 Å². The summed E-state index contributed by atoms with van der Waals surface area (Å²) in [7, 11) is -4.09. The van der Waals surface area contributed by atoms with E-state index in [4.69, 9.17) is 0 Å². The van der Waals surface area contributed by atoms with Crippen LogP contribution in [0.15, 0.2) is 83.8 Å². The lowest BCUT2D eigenvalue weighted by atomic mass is 10.0. The number of carbonyl (C=O) groups excluding carboxylic acids is 2. The van der Waals surface area contributed by atoms with Gasteiger partial charge in [0.15, 0.2) is 0 Å². The van der Waals surface area contributed by atoms with Crippen LogP contribution in [-0.4, -0.2) is 49.8 Å². The van der Waals surface area contributed by atoms with E-state index in [-0.39, 0.29) is 23.3 Å². The van der Waals surface area contributed by atoms with E-state index in [0.29, 0.717) is 12.1 Å². The summed E-state index contributed by atoms with van der Waals surface area (Å²) in [6.07, 6.45) is 0.521. The molecule has 41 heavy (non-hydrogen) atoms. The molecule has 0 aliphatic heterocycles. The predicted octanol–water partition coefficient (Wildman–Crippen LogP) is 5.69. The summed E-state index contributed by atoms with van der Waals surface area (Å²) >= 11 is 0.